The molecule has 0 fully saturated rings. The number of nitrogens with zero attached hydrogens (tertiary/aromatic N) is 2. The molecule has 0 radical (unpaired) electrons. The molecular formula is C19H18BrN3O. The molecule has 0 atom stereocenters. The van der Waals surface area contributed by atoms with Gasteiger partial charge in [-0.1, -0.05) is 18.2 Å². The lowest BCUT2D eigenvalue weighted by molar-refractivity contribution is 0.833. The van der Waals surface area contributed by atoms with Gasteiger partial charge in [0.2, 0.25) is 0 Å². The molecule has 0 spiro atoms. The monoisotopic (exact) mass is 383 g/mol. The topological polar surface area (TPSA) is 50.1 Å². The quantitative estimate of drug-likeness (QED) is 0.659. The molecule has 0 unspecified atom stereocenters. The normalized spacial score (nSPS) is 11.3. The van der Waals surface area contributed by atoms with Crippen molar-refractivity contribution in [3.8, 4) is 5.69 Å². The largest absolute Gasteiger partial charge is 0.295 e. The Morgan fingerprint density at radius 2 is 1.83 bits per heavy atom. The summed E-state index contributed by atoms with van der Waals surface area (Å²) in [7, 11) is 0. The van der Waals surface area contributed by atoms with Crippen molar-refractivity contribution in [2.45, 2.75) is 20.8 Å². The average Bonchev–Trinajstić information content (AvgIpc) is 2.84. The number of aryl methyl sites for hydroxylation is 3. The molecule has 3 rings (SSSR count). The molecule has 4 nitrogen and oxygen atoms in total. The SMILES string of the molecule is Cc1ccc(-n2[nH]c(C)c(C=Nc3ccccc3Br)c2=O)cc1C. The third-order valence-electron chi connectivity index (χ3n) is 4.05. The van der Waals surface area contributed by atoms with Crippen molar-refractivity contribution < 1.29 is 0 Å². The first-order valence-electron chi connectivity index (χ1n) is 7.65. The maximum Gasteiger partial charge on any atom is 0.280 e. The molecule has 24 heavy (non-hydrogen) atoms. The summed E-state index contributed by atoms with van der Waals surface area (Å²) in [4.78, 5) is 17.2. The Balaban J connectivity index is 2.02. The fourth-order valence-corrected chi connectivity index (χ4v) is 2.84. The third kappa shape index (κ3) is 3.12. The number of hydrogen-bond donors (Lipinski definition) is 1. The number of nitrogens with one attached hydrogen (secondary N) is 1. The van der Waals surface area contributed by atoms with Crippen molar-refractivity contribution >= 4 is 27.8 Å². The number of rotatable bonds is 3. The van der Waals surface area contributed by atoms with Crippen LogP contribution in [-0.4, -0.2) is 16.0 Å². The van der Waals surface area contributed by atoms with E-state index in [9.17, 15) is 4.79 Å². The van der Waals surface area contributed by atoms with Crippen LogP contribution in [0.4, 0.5) is 5.69 Å². The van der Waals surface area contributed by atoms with E-state index >= 15 is 0 Å². The highest BCUT2D eigenvalue weighted by molar-refractivity contribution is 9.10. The van der Waals surface area contributed by atoms with Crippen LogP contribution in [0.25, 0.3) is 5.69 Å². The molecule has 122 valence electrons. The predicted molar refractivity (Wildman–Crippen MR) is 102 cm³/mol. The van der Waals surface area contributed by atoms with E-state index in [-0.39, 0.29) is 5.56 Å². The highest BCUT2D eigenvalue weighted by Crippen LogP contribution is 2.24. The van der Waals surface area contributed by atoms with Gasteiger partial charge in [0.15, 0.2) is 0 Å². The van der Waals surface area contributed by atoms with Crippen LogP contribution in [0.3, 0.4) is 0 Å². The molecule has 1 N–H and O–H groups in total. The Morgan fingerprint density at radius 3 is 2.54 bits per heavy atom. The molecule has 0 amide bonds. The lowest BCUT2D eigenvalue weighted by atomic mass is 10.1. The molecule has 2 aromatic carbocycles. The minimum absolute atomic E-state index is 0.105. The van der Waals surface area contributed by atoms with Gasteiger partial charge in [0.05, 0.1) is 16.9 Å². The molecule has 0 aliphatic rings. The maximum absolute atomic E-state index is 12.7. The Hall–Kier alpha value is -2.40. The average molecular weight is 384 g/mol. The van der Waals surface area contributed by atoms with Crippen molar-refractivity contribution in [2.24, 2.45) is 4.99 Å². The van der Waals surface area contributed by atoms with Crippen LogP contribution in [-0.2, 0) is 0 Å². The second kappa shape index (κ2) is 6.61. The maximum atomic E-state index is 12.7. The van der Waals surface area contributed by atoms with Crippen molar-refractivity contribution in [2.75, 3.05) is 0 Å². The first-order chi connectivity index (χ1) is 11.5. The van der Waals surface area contributed by atoms with Gasteiger partial charge < -0.3 is 0 Å². The molecule has 1 heterocycles. The molecule has 5 heteroatoms. The van der Waals surface area contributed by atoms with Crippen LogP contribution >= 0.6 is 15.9 Å². The Bertz CT molecular complexity index is 983. The van der Waals surface area contributed by atoms with Gasteiger partial charge in [0, 0.05) is 16.4 Å². The van der Waals surface area contributed by atoms with E-state index in [0.29, 0.717) is 5.56 Å². The van der Waals surface area contributed by atoms with Crippen LogP contribution in [0.5, 0.6) is 0 Å². The summed E-state index contributed by atoms with van der Waals surface area (Å²) in [6.45, 7) is 5.97. The Labute approximate surface area is 149 Å². The first kappa shape index (κ1) is 16.5. The van der Waals surface area contributed by atoms with Crippen molar-refractivity contribution in [3.05, 3.63) is 79.7 Å². The summed E-state index contributed by atoms with van der Waals surface area (Å²) in [5, 5.41) is 3.13. The molecule has 0 saturated carbocycles. The van der Waals surface area contributed by atoms with Crippen molar-refractivity contribution in [1.29, 1.82) is 0 Å². The van der Waals surface area contributed by atoms with Crippen LogP contribution in [0.1, 0.15) is 22.4 Å². The van der Waals surface area contributed by atoms with Crippen LogP contribution in [0.15, 0.2) is 56.7 Å². The number of aromatic amines is 1. The number of halogens is 1. The standard InChI is InChI=1S/C19H18BrN3O/c1-12-8-9-15(10-13(12)2)23-19(24)16(14(3)22-23)11-21-18-7-5-4-6-17(18)20/h4-11,22H,1-3H3. The minimum atomic E-state index is -0.105. The first-order valence-corrected chi connectivity index (χ1v) is 8.44. The zero-order valence-electron chi connectivity index (χ0n) is 13.8. The summed E-state index contributed by atoms with van der Waals surface area (Å²) >= 11 is 3.46. The number of aliphatic imine (C=N–C) groups is 1. The molecule has 0 saturated heterocycles. The minimum Gasteiger partial charge on any atom is -0.295 e. The summed E-state index contributed by atoms with van der Waals surface area (Å²) in [5.74, 6) is 0. The zero-order chi connectivity index (χ0) is 17.3. The molecular weight excluding hydrogens is 366 g/mol. The highest BCUT2D eigenvalue weighted by Gasteiger charge is 2.11. The van der Waals surface area contributed by atoms with Gasteiger partial charge in [0.25, 0.3) is 5.56 Å². The van der Waals surface area contributed by atoms with Gasteiger partial charge >= 0.3 is 0 Å². The van der Waals surface area contributed by atoms with Gasteiger partial charge in [0.1, 0.15) is 0 Å². The summed E-state index contributed by atoms with van der Waals surface area (Å²) < 4.78 is 2.45. The van der Waals surface area contributed by atoms with Crippen molar-refractivity contribution in [1.82, 2.24) is 9.78 Å². The Morgan fingerprint density at radius 1 is 1.08 bits per heavy atom. The number of para-hydroxylation sites is 1. The molecule has 1 aromatic heterocycles. The number of H-pyrrole nitrogens is 1. The van der Waals surface area contributed by atoms with Gasteiger partial charge in [-0.05, 0) is 72.1 Å². The second-order valence-electron chi connectivity index (χ2n) is 5.77. The predicted octanol–water partition coefficient (Wildman–Crippen LogP) is 4.60. The lowest BCUT2D eigenvalue weighted by Gasteiger charge is -2.05. The van der Waals surface area contributed by atoms with Gasteiger partial charge in [-0.2, -0.15) is 0 Å². The molecule has 0 aliphatic carbocycles. The molecule has 0 aliphatic heterocycles. The summed E-state index contributed by atoms with van der Waals surface area (Å²) in [6.07, 6.45) is 1.62. The second-order valence-corrected chi connectivity index (χ2v) is 6.62. The number of aromatic nitrogens is 2. The van der Waals surface area contributed by atoms with Crippen LogP contribution in [0.2, 0.25) is 0 Å². The summed E-state index contributed by atoms with van der Waals surface area (Å²) in [6, 6.07) is 13.6. The molecule has 0 bridgehead atoms. The summed E-state index contributed by atoms with van der Waals surface area (Å²) in [5.41, 5.74) is 5.20. The third-order valence-corrected chi connectivity index (χ3v) is 4.72. The van der Waals surface area contributed by atoms with Gasteiger partial charge in [-0.25, -0.2) is 4.68 Å². The highest BCUT2D eigenvalue weighted by atomic mass is 79.9. The van der Waals surface area contributed by atoms with Crippen LogP contribution < -0.4 is 5.56 Å². The van der Waals surface area contributed by atoms with E-state index in [1.807, 2.05) is 56.3 Å². The Kier molecular flexibility index (Phi) is 4.53. The molecule has 3 aromatic rings. The number of hydrogen-bond acceptors (Lipinski definition) is 2. The van der Waals surface area contributed by atoms with E-state index in [1.165, 1.54) is 5.56 Å². The van der Waals surface area contributed by atoms with E-state index in [0.717, 1.165) is 27.1 Å². The van der Waals surface area contributed by atoms with E-state index < -0.39 is 0 Å². The van der Waals surface area contributed by atoms with E-state index in [1.54, 1.807) is 10.9 Å². The van der Waals surface area contributed by atoms with Gasteiger partial charge in [-0.3, -0.25) is 14.9 Å². The van der Waals surface area contributed by atoms with Gasteiger partial charge in [-0.15, -0.1) is 0 Å². The van der Waals surface area contributed by atoms with Crippen molar-refractivity contribution in [3.63, 3.8) is 0 Å². The lowest BCUT2D eigenvalue weighted by Crippen LogP contribution is -2.17. The number of benzene rings is 2. The smallest absolute Gasteiger partial charge is 0.280 e. The fraction of sp³-hybridized carbons (Fsp3) is 0.158. The van der Waals surface area contributed by atoms with E-state index in [4.69, 9.17) is 0 Å². The van der Waals surface area contributed by atoms with E-state index in [2.05, 4.69) is 32.9 Å². The van der Waals surface area contributed by atoms with Crippen LogP contribution in [0, 0.1) is 20.8 Å². The zero-order valence-corrected chi connectivity index (χ0v) is 15.4. The fourth-order valence-electron chi connectivity index (χ4n) is 2.45.